The second kappa shape index (κ2) is 6.64. The van der Waals surface area contributed by atoms with Crippen LogP contribution >= 0.6 is 11.3 Å². The molecule has 0 amide bonds. The molecule has 1 aromatic heterocycles. The first kappa shape index (κ1) is 14.0. The van der Waals surface area contributed by atoms with Gasteiger partial charge in [0.05, 0.1) is 6.54 Å². The Labute approximate surface area is 115 Å². The molecule has 0 radical (unpaired) electrons. The van der Waals surface area contributed by atoms with Crippen molar-refractivity contribution in [2.75, 3.05) is 26.2 Å². The molecule has 0 spiro atoms. The fourth-order valence-corrected chi connectivity index (χ4v) is 3.29. The molecule has 3 nitrogen and oxygen atoms in total. The number of aryl methyl sites for hydroxylation is 1. The fraction of sp³-hybridized carbons (Fsp3) is 0.786. The monoisotopic (exact) mass is 267 g/mol. The van der Waals surface area contributed by atoms with Gasteiger partial charge >= 0.3 is 0 Å². The minimum atomic E-state index is 0.751. The summed E-state index contributed by atoms with van der Waals surface area (Å²) in [6, 6.07) is 0. The Balaban J connectivity index is 1.68. The van der Waals surface area contributed by atoms with Gasteiger partial charge in [0.15, 0.2) is 0 Å². The molecule has 1 N–H and O–H groups in total. The van der Waals surface area contributed by atoms with Crippen LogP contribution in [0.3, 0.4) is 0 Å². The van der Waals surface area contributed by atoms with Gasteiger partial charge in [-0.25, -0.2) is 4.98 Å². The van der Waals surface area contributed by atoms with E-state index in [1.807, 2.05) is 17.5 Å². The summed E-state index contributed by atoms with van der Waals surface area (Å²) in [5, 5.41) is 4.84. The van der Waals surface area contributed by atoms with Crippen molar-refractivity contribution in [3.63, 3.8) is 0 Å². The minimum absolute atomic E-state index is 0.751. The van der Waals surface area contributed by atoms with Crippen molar-refractivity contribution >= 4 is 11.3 Å². The lowest BCUT2D eigenvalue weighted by Crippen LogP contribution is -2.28. The lowest BCUT2D eigenvalue weighted by Gasteiger charge is -2.15. The molecule has 1 aromatic rings. The van der Waals surface area contributed by atoms with Crippen molar-refractivity contribution in [1.29, 1.82) is 0 Å². The van der Waals surface area contributed by atoms with Crippen molar-refractivity contribution in [3.05, 3.63) is 16.1 Å². The van der Waals surface area contributed by atoms with E-state index < -0.39 is 0 Å². The Kier molecular flexibility index (Phi) is 5.15. The smallest absolute Gasteiger partial charge is 0.107 e. The van der Waals surface area contributed by atoms with Gasteiger partial charge in [-0.3, -0.25) is 4.90 Å². The molecular formula is C14H25N3S. The maximum Gasteiger partial charge on any atom is 0.107 e. The van der Waals surface area contributed by atoms with E-state index in [4.69, 9.17) is 0 Å². The van der Waals surface area contributed by atoms with Crippen molar-refractivity contribution in [3.8, 4) is 0 Å². The number of nitrogens with zero attached hydrogens (tertiary/aromatic N) is 2. The van der Waals surface area contributed by atoms with E-state index in [9.17, 15) is 0 Å². The molecule has 1 aliphatic rings. The van der Waals surface area contributed by atoms with Crippen LogP contribution in [0.1, 0.15) is 30.2 Å². The van der Waals surface area contributed by atoms with Crippen molar-refractivity contribution in [2.24, 2.45) is 11.8 Å². The number of thiazole rings is 1. The van der Waals surface area contributed by atoms with Crippen molar-refractivity contribution in [2.45, 2.75) is 33.7 Å². The zero-order valence-electron chi connectivity index (χ0n) is 11.8. The molecule has 102 valence electrons. The highest BCUT2D eigenvalue weighted by molar-refractivity contribution is 7.11. The summed E-state index contributed by atoms with van der Waals surface area (Å²) >= 11 is 1.83. The quantitative estimate of drug-likeness (QED) is 0.858. The predicted octanol–water partition coefficient (Wildman–Crippen LogP) is 2.52. The van der Waals surface area contributed by atoms with E-state index in [1.165, 1.54) is 35.9 Å². The largest absolute Gasteiger partial charge is 0.316 e. The molecule has 2 heterocycles. The second-order valence-electron chi connectivity index (χ2n) is 5.81. The lowest BCUT2D eigenvalue weighted by molar-refractivity contribution is 0.313. The van der Waals surface area contributed by atoms with Crippen LogP contribution in [0.5, 0.6) is 0 Å². The summed E-state index contributed by atoms with van der Waals surface area (Å²) < 4.78 is 0. The van der Waals surface area contributed by atoms with Gasteiger partial charge in [0, 0.05) is 17.6 Å². The van der Waals surface area contributed by atoms with Crippen LogP contribution in [0.15, 0.2) is 6.20 Å². The van der Waals surface area contributed by atoms with E-state index >= 15 is 0 Å². The van der Waals surface area contributed by atoms with Crippen molar-refractivity contribution in [1.82, 2.24) is 15.2 Å². The van der Waals surface area contributed by atoms with Gasteiger partial charge in [-0.2, -0.15) is 0 Å². The van der Waals surface area contributed by atoms with E-state index in [1.54, 1.807) is 0 Å². The van der Waals surface area contributed by atoms with Gasteiger partial charge in [-0.05, 0) is 44.8 Å². The van der Waals surface area contributed by atoms with Crippen LogP contribution in [0.2, 0.25) is 0 Å². The van der Waals surface area contributed by atoms with Gasteiger partial charge in [-0.1, -0.05) is 13.8 Å². The summed E-state index contributed by atoms with van der Waals surface area (Å²) in [6.45, 7) is 12.5. The Bertz CT molecular complexity index is 362. The molecule has 1 fully saturated rings. The van der Waals surface area contributed by atoms with E-state index in [-0.39, 0.29) is 0 Å². The topological polar surface area (TPSA) is 28.2 Å². The third-order valence-electron chi connectivity index (χ3n) is 3.38. The van der Waals surface area contributed by atoms with Gasteiger partial charge in [-0.15, -0.1) is 11.3 Å². The highest BCUT2D eigenvalue weighted by Crippen LogP contribution is 2.20. The maximum atomic E-state index is 4.45. The first-order valence-electron chi connectivity index (χ1n) is 6.98. The van der Waals surface area contributed by atoms with Gasteiger partial charge < -0.3 is 5.32 Å². The normalized spacial score (nSPS) is 21.0. The lowest BCUT2D eigenvalue weighted by atomic mass is 10.1. The van der Waals surface area contributed by atoms with Crippen LogP contribution in [0.4, 0.5) is 0 Å². The van der Waals surface area contributed by atoms with Crippen LogP contribution < -0.4 is 5.32 Å². The number of nitrogens with one attached hydrogen (secondary N) is 1. The maximum absolute atomic E-state index is 4.45. The Morgan fingerprint density at radius 3 is 3.06 bits per heavy atom. The van der Waals surface area contributed by atoms with Gasteiger partial charge in [0.25, 0.3) is 0 Å². The Morgan fingerprint density at radius 1 is 1.56 bits per heavy atom. The fourth-order valence-electron chi connectivity index (χ4n) is 2.47. The Hall–Kier alpha value is -0.450. The van der Waals surface area contributed by atoms with Crippen LogP contribution in [-0.4, -0.2) is 36.1 Å². The number of aromatic nitrogens is 1. The van der Waals surface area contributed by atoms with Crippen LogP contribution in [-0.2, 0) is 6.54 Å². The summed E-state index contributed by atoms with van der Waals surface area (Å²) in [4.78, 5) is 8.31. The average molecular weight is 267 g/mol. The molecule has 1 unspecified atom stereocenters. The van der Waals surface area contributed by atoms with E-state index in [0.29, 0.717) is 0 Å². The molecule has 2 rings (SSSR count). The van der Waals surface area contributed by atoms with Crippen molar-refractivity contribution < 1.29 is 0 Å². The SMILES string of the molecule is Cc1cnc(CN2CCC(CNCC(C)C)C2)s1. The predicted molar refractivity (Wildman–Crippen MR) is 77.9 cm³/mol. The molecular weight excluding hydrogens is 242 g/mol. The third kappa shape index (κ3) is 4.34. The number of likely N-dealkylation sites (tertiary alicyclic amines) is 1. The third-order valence-corrected chi connectivity index (χ3v) is 4.28. The molecule has 4 heteroatoms. The zero-order valence-corrected chi connectivity index (χ0v) is 12.6. The van der Waals surface area contributed by atoms with Crippen LogP contribution in [0.25, 0.3) is 0 Å². The van der Waals surface area contributed by atoms with E-state index in [0.717, 1.165) is 24.9 Å². The molecule has 1 atom stereocenters. The highest BCUT2D eigenvalue weighted by atomic mass is 32.1. The second-order valence-corrected chi connectivity index (χ2v) is 7.13. The number of hydrogen-bond acceptors (Lipinski definition) is 4. The molecule has 0 aliphatic carbocycles. The minimum Gasteiger partial charge on any atom is -0.316 e. The molecule has 0 saturated carbocycles. The summed E-state index contributed by atoms with van der Waals surface area (Å²) in [7, 11) is 0. The number of rotatable bonds is 6. The molecule has 0 bridgehead atoms. The van der Waals surface area contributed by atoms with E-state index in [2.05, 4.69) is 36.0 Å². The van der Waals surface area contributed by atoms with Gasteiger partial charge in [0.1, 0.15) is 5.01 Å². The standard InChI is InChI=1S/C14H25N3S/c1-11(2)6-15-8-13-4-5-17(9-13)10-14-16-7-12(3)18-14/h7,11,13,15H,4-6,8-10H2,1-3H3. The molecule has 18 heavy (non-hydrogen) atoms. The molecule has 1 saturated heterocycles. The first-order chi connectivity index (χ1) is 8.63. The number of hydrogen-bond donors (Lipinski definition) is 1. The molecule has 1 aliphatic heterocycles. The first-order valence-corrected chi connectivity index (χ1v) is 7.79. The highest BCUT2D eigenvalue weighted by Gasteiger charge is 2.22. The average Bonchev–Trinajstić information content (AvgIpc) is 2.89. The summed E-state index contributed by atoms with van der Waals surface area (Å²) in [5.74, 6) is 1.57. The van der Waals surface area contributed by atoms with Gasteiger partial charge in [0.2, 0.25) is 0 Å². The molecule has 0 aromatic carbocycles. The van der Waals surface area contributed by atoms with Crippen LogP contribution in [0, 0.1) is 18.8 Å². The zero-order chi connectivity index (χ0) is 13.0. The summed E-state index contributed by atoms with van der Waals surface area (Å²) in [6.07, 6.45) is 3.31. The Morgan fingerprint density at radius 2 is 2.39 bits per heavy atom. The summed E-state index contributed by atoms with van der Waals surface area (Å²) in [5.41, 5.74) is 0.